The molecule has 1 aromatic rings. The quantitative estimate of drug-likeness (QED) is 0.870. The predicted molar refractivity (Wildman–Crippen MR) is 87.8 cm³/mol. The number of nitrogens with one attached hydrogen (secondary N) is 1. The van der Waals surface area contributed by atoms with Gasteiger partial charge in [-0.3, -0.25) is 9.10 Å². The molecule has 0 aliphatic carbocycles. The summed E-state index contributed by atoms with van der Waals surface area (Å²) in [7, 11) is 0.415. The summed E-state index contributed by atoms with van der Waals surface area (Å²) in [4.78, 5) is 14.1. The maximum Gasteiger partial charge on any atom is 0.253 e. The second-order valence-corrected chi connectivity index (χ2v) is 7.58. The highest BCUT2D eigenvalue weighted by atomic mass is 32.2. The molecule has 6 nitrogen and oxygen atoms in total. The Morgan fingerprint density at radius 3 is 2.68 bits per heavy atom. The van der Waals surface area contributed by atoms with Crippen molar-refractivity contribution in [2.24, 2.45) is 0 Å². The van der Waals surface area contributed by atoms with Crippen LogP contribution in [0.3, 0.4) is 0 Å². The van der Waals surface area contributed by atoms with E-state index < -0.39 is 10.0 Å². The molecule has 22 heavy (non-hydrogen) atoms. The first-order valence-electron chi connectivity index (χ1n) is 7.38. The van der Waals surface area contributed by atoms with E-state index in [1.54, 1.807) is 30.1 Å². The summed E-state index contributed by atoms with van der Waals surface area (Å²) in [5.41, 5.74) is 2.05. The van der Waals surface area contributed by atoms with E-state index in [0.29, 0.717) is 30.8 Å². The van der Waals surface area contributed by atoms with Crippen molar-refractivity contribution in [2.45, 2.75) is 13.3 Å². The van der Waals surface area contributed by atoms with Crippen molar-refractivity contribution >= 4 is 21.6 Å². The number of benzene rings is 1. The largest absolute Gasteiger partial charge is 0.340 e. The Kier molecular flexibility index (Phi) is 5.08. The summed E-state index contributed by atoms with van der Waals surface area (Å²) in [5, 5.41) is 3.01. The molecular formula is C15H23N3O3S. The maximum absolute atomic E-state index is 12.4. The molecule has 1 aliphatic heterocycles. The van der Waals surface area contributed by atoms with Crippen LogP contribution in [-0.2, 0) is 10.0 Å². The highest BCUT2D eigenvalue weighted by Crippen LogP contribution is 2.26. The third-order valence-corrected chi connectivity index (χ3v) is 5.74. The van der Waals surface area contributed by atoms with Gasteiger partial charge in [0, 0.05) is 32.2 Å². The molecule has 0 saturated carbocycles. The lowest BCUT2D eigenvalue weighted by molar-refractivity contribution is 0.0796. The van der Waals surface area contributed by atoms with Crippen molar-refractivity contribution in [3.8, 4) is 0 Å². The van der Waals surface area contributed by atoms with Crippen molar-refractivity contribution in [2.75, 3.05) is 43.8 Å². The Morgan fingerprint density at radius 1 is 1.41 bits per heavy atom. The van der Waals surface area contributed by atoms with Gasteiger partial charge in [0.15, 0.2) is 0 Å². The number of anilines is 1. The Balaban J connectivity index is 2.21. The lowest BCUT2D eigenvalue weighted by Crippen LogP contribution is -2.33. The fraction of sp³-hybridized carbons (Fsp3) is 0.533. The molecule has 2 rings (SSSR count). The van der Waals surface area contributed by atoms with Gasteiger partial charge in [0.1, 0.15) is 0 Å². The zero-order valence-corrected chi connectivity index (χ0v) is 14.1. The number of sulfonamides is 1. The SMILES string of the molecule is CNCCN(C)C(=O)c1ccc(N2CCCS2(=O)=O)cc1C. The van der Waals surface area contributed by atoms with Crippen LogP contribution in [0, 0.1) is 6.92 Å². The summed E-state index contributed by atoms with van der Waals surface area (Å²) >= 11 is 0. The van der Waals surface area contributed by atoms with Gasteiger partial charge >= 0.3 is 0 Å². The van der Waals surface area contributed by atoms with Gasteiger partial charge in [-0.05, 0) is 44.2 Å². The number of hydrogen-bond donors (Lipinski definition) is 1. The lowest BCUT2D eigenvalue weighted by atomic mass is 10.1. The van der Waals surface area contributed by atoms with Crippen LogP contribution in [0.2, 0.25) is 0 Å². The van der Waals surface area contributed by atoms with Gasteiger partial charge in [-0.2, -0.15) is 0 Å². The monoisotopic (exact) mass is 325 g/mol. The van der Waals surface area contributed by atoms with E-state index in [1.807, 2.05) is 14.0 Å². The molecular weight excluding hydrogens is 302 g/mol. The number of likely N-dealkylation sites (N-methyl/N-ethyl adjacent to an activating group) is 2. The van der Waals surface area contributed by atoms with E-state index in [9.17, 15) is 13.2 Å². The van der Waals surface area contributed by atoms with Crippen molar-refractivity contribution in [1.29, 1.82) is 0 Å². The first-order chi connectivity index (χ1) is 10.4. The van der Waals surface area contributed by atoms with Gasteiger partial charge in [-0.15, -0.1) is 0 Å². The summed E-state index contributed by atoms with van der Waals surface area (Å²) < 4.78 is 25.4. The van der Waals surface area contributed by atoms with E-state index in [-0.39, 0.29) is 11.7 Å². The maximum atomic E-state index is 12.4. The molecule has 1 fully saturated rings. The highest BCUT2D eigenvalue weighted by Gasteiger charge is 2.28. The molecule has 122 valence electrons. The van der Waals surface area contributed by atoms with Crippen LogP contribution in [0.5, 0.6) is 0 Å². The Morgan fingerprint density at radius 2 is 2.14 bits per heavy atom. The predicted octanol–water partition coefficient (Wildman–Crippen LogP) is 0.826. The number of amides is 1. The molecule has 0 unspecified atom stereocenters. The number of rotatable bonds is 5. The average molecular weight is 325 g/mol. The number of nitrogens with zero attached hydrogens (tertiary/aromatic N) is 2. The molecule has 1 aliphatic rings. The fourth-order valence-electron chi connectivity index (χ4n) is 2.56. The molecule has 1 N–H and O–H groups in total. The van der Waals surface area contributed by atoms with Crippen LogP contribution in [0.15, 0.2) is 18.2 Å². The molecule has 1 saturated heterocycles. The smallest absolute Gasteiger partial charge is 0.253 e. The Bertz CT molecular complexity index is 658. The molecule has 1 heterocycles. The zero-order chi connectivity index (χ0) is 16.3. The van der Waals surface area contributed by atoms with Gasteiger partial charge in [0.05, 0.1) is 11.4 Å². The molecule has 0 radical (unpaired) electrons. The van der Waals surface area contributed by atoms with Crippen molar-refractivity contribution < 1.29 is 13.2 Å². The Hall–Kier alpha value is -1.60. The van der Waals surface area contributed by atoms with Gasteiger partial charge in [0.25, 0.3) is 5.91 Å². The minimum absolute atomic E-state index is 0.0522. The summed E-state index contributed by atoms with van der Waals surface area (Å²) in [6, 6.07) is 5.22. The van der Waals surface area contributed by atoms with Gasteiger partial charge in [-0.25, -0.2) is 8.42 Å². The molecule has 7 heteroatoms. The molecule has 0 spiro atoms. The molecule has 1 amide bonds. The number of aryl methyl sites for hydroxylation is 1. The summed E-state index contributed by atoms with van der Waals surface area (Å²) in [5.74, 6) is 0.142. The molecule has 0 atom stereocenters. The minimum Gasteiger partial charge on any atom is -0.340 e. The second-order valence-electron chi connectivity index (χ2n) is 5.57. The molecule has 0 aromatic heterocycles. The van der Waals surface area contributed by atoms with E-state index in [0.717, 1.165) is 12.1 Å². The number of hydrogen-bond acceptors (Lipinski definition) is 4. The van der Waals surface area contributed by atoms with Crippen LogP contribution in [0.25, 0.3) is 0 Å². The van der Waals surface area contributed by atoms with Crippen LogP contribution < -0.4 is 9.62 Å². The average Bonchev–Trinajstić information content (AvgIpc) is 2.83. The zero-order valence-electron chi connectivity index (χ0n) is 13.3. The minimum atomic E-state index is -3.19. The van der Waals surface area contributed by atoms with Crippen LogP contribution >= 0.6 is 0 Å². The van der Waals surface area contributed by atoms with Gasteiger partial charge < -0.3 is 10.2 Å². The van der Waals surface area contributed by atoms with E-state index >= 15 is 0 Å². The van der Waals surface area contributed by atoms with Crippen molar-refractivity contribution in [1.82, 2.24) is 10.2 Å². The van der Waals surface area contributed by atoms with E-state index in [2.05, 4.69) is 5.32 Å². The van der Waals surface area contributed by atoms with Crippen molar-refractivity contribution in [3.63, 3.8) is 0 Å². The third kappa shape index (κ3) is 3.41. The van der Waals surface area contributed by atoms with Crippen molar-refractivity contribution in [3.05, 3.63) is 29.3 Å². The Labute approximate surface area is 132 Å². The highest BCUT2D eigenvalue weighted by molar-refractivity contribution is 7.93. The van der Waals surface area contributed by atoms with Crippen LogP contribution in [-0.4, -0.2) is 58.7 Å². The first-order valence-corrected chi connectivity index (χ1v) is 8.99. The molecule has 1 aromatic carbocycles. The first kappa shape index (κ1) is 16.8. The lowest BCUT2D eigenvalue weighted by Gasteiger charge is -2.21. The number of carbonyl (C=O) groups excluding carboxylic acids is 1. The normalized spacial score (nSPS) is 16.8. The van der Waals surface area contributed by atoms with Crippen LogP contribution in [0.1, 0.15) is 22.3 Å². The standard InChI is InChI=1S/C15H23N3O3S/c1-12-11-13(18-8-4-10-22(18,20)21)5-6-14(12)15(19)17(3)9-7-16-2/h5-6,11,16H,4,7-10H2,1-3H3. The van der Waals surface area contributed by atoms with Gasteiger partial charge in [0.2, 0.25) is 10.0 Å². The van der Waals surface area contributed by atoms with E-state index in [4.69, 9.17) is 0 Å². The number of carbonyl (C=O) groups is 1. The molecule has 0 bridgehead atoms. The summed E-state index contributed by atoms with van der Waals surface area (Å²) in [6.45, 7) is 3.70. The second kappa shape index (κ2) is 6.66. The third-order valence-electron chi connectivity index (χ3n) is 3.87. The fourth-order valence-corrected chi connectivity index (χ4v) is 4.12. The van der Waals surface area contributed by atoms with E-state index in [1.165, 1.54) is 4.31 Å². The topological polar surface area (TPSA) is 69.7 Å². The van der Waals surface area contributed by atoms with Crippen LogP contribution in [0.4, 0.5) is 5.69 Å². The summed E-state index contributed by atoms with van der Waals surface area (Å²) in [6.07, 6.45) is 0.648. The van der Waals surface area contributed by atoms with Gasteiger partial charge in [-0.1, -0.05) is 0 Å².